The Kier molecular flexibility index (Phi) is 6.18. The van der Waals surface area contributed by atoms with Gasteiger partial charge in [-0.2, -0.15) is 0 Å². The van der Waals surface area contributed by atoms with Crippen molar-refractivity contribution < 1.29 is 5.11 Å². The van der Waals surface area contributed by atoms with Gasteiger partial charge in [0.2, 0.25) is 0 Å². The van der Waals surface area contributed by atoms with Crippen LogP contribution in [0.15, 0.2) is 12.1 Å². The first kappa shape index (κ1) is 16.9. The maximum Gasteiger partial charge on any atom is 0.0822 e. The molecule has 2 rings (SSSR count). The fourth-order valence-electron chi connectivity index (χ4n) is 3.43. The SMILES string of the molecule is NCC[C@@H](C1CCCCC1)C(O)c1cc(Cl)c(N)c(Cl)c1. The summed E-state index contributed by atoms with van der Waals surface area (Å²) in [7, 11) is 0. The van der Waals surface area contributed by atoms with Gasteiger partial charge in [-0.1, -0.05) is 55.3 Å². The normalized spacial score (nSPS) is 19.4. The highest BCUT2D eigenvalue weighted by Gasteiger charge is 2.30. The van der Waals surface area contributed by atoms with Crippen molar-refractivity contribution in [3.63, 3.8) is 0 Å². The zero-order valence-corrected chi connectivity index (χ0v) is 13.7. The van der Waals surface area contributed by atoms with Crippen LogP contribution < -0.4 is 11.5 Å². The van der Waals surface area contributed by atoms with E-state index in [2.05, 4.69) is 0 Å². The Bertz CT molecular complexity index is 452. The van der Waals surface area contributed by atoms with Gasteiger partial charge in [-0.25, -0.2) is 0 Å². The van der Waals surface area contributed by atoms with Gasteiger partial charge in [0.05, 0.1) is 21.8 Å². The quantitative estimate of drug-likeness (QED) is 0.710. The zero-order valence-electron chi connectivity index (χ0n) is 12.2. The molecule has 0 saturated heterocycles. The van der Waals surface area contributed by atoms with Gasteiger partial charge in [-0.05, 0) is 42.5 Å². The second kappa shape index (κ2) is 7.68. The lowest BCUT2D eigenvalue weighted by Crippen LogP contribution is -2.26. The predicted molar refractivity (Wildman–Crippen MR) is 89.6 cm³/mol. The number of anilines is 1. The third-order valence-electron chi connectivity index (χ3n) is 4.60. The summed E-state index contributed by atoms with van der Waals surface area (Å²) in [5.74, 6) is 0.679. The van der Waals surface area contributed by atoms with Gasteiger partial charge in [-0.15, -0.1) is 0 Å². The van der Waals surface area contributed by atoms with E-state index in [9.17, 15) is 5.11 Å². The summed E-state index contributed by atoms with van der Waals surface area (Å²) in [6.45, 7) is 0.578. The maximum atomic E-state index is 10.8. The largest absolute Gasteiger partial charge is 0.396 e. The van der Waals surface area contributed by atoms with Gasteiger partial charge >= 0.3 is 0 Å². The molecule has 1 unspecified atom stereocenters. The standard InChI is InChI=1S/C16H24Cl2N2O/c17-13-8-11(9-14(18)15(13)20)16(21)12(6-7-19)10-4-2-1-3-5-10/h8-10,12,16,21H,1-7,19-20H2/t12-,16?/m0/s1. The number of hydrogen-bond acceptors (Lipinski definition) is 3. The molecule has 118 valence electrons. The third-order valence-corrected chi connectivity index (χ3v) is 5.23. The Labute approximate surface area is 136 Å². The summed E-state index contributed by atoms with van der Waals surface area (Å²) in [6.07, 6.45) is 6.32. The van der Waals surface area contributed by atoms with Crippen LogP contribution in [0, 0.1) is 11.8 Å². The molecule has 0 radical (unpaired) electrons. The van der Waals surface area contributed by atoms with E-state index < -0.39 is 6.10 Å². The molecular formula is C16H24Cl2N2O. The number of nitrogens with two attached hydrogens (primary N) is 2. The molecule has 5 N–H and O–H groups in total. The second-order valence-corrected chi connectivity index (χ2v) is 6.80. The van der Waals surface area contributed by atoms with Gasteiger partial charge < -0.3 is 16.6 Å². The average molecular weight is 331 g/mol. The molecule has 1 aromatic rings. The Hall–Kier alpha value is -0.480. The number of aliphatic hydroxyl groups is 1. The third kappa shape index (κ3) is 4.04. The van der Waals surface area contributed by atoms with Crippen molar-refractivity contribution in [3.8, 4) is 0 Å². The van der Waals surface area contributed by atoms with E-state index in [0.29, 0.717) is 28.2 Å². The van der Waals surface area contributed by atoms with Crippen LogP contribution in [0.5, 0.6) is 0 Å². The monoisotopic (exact) mass is 330 g/mol. The van der Waals surface area contributed by atoms with Crippen LogP contribution in [0.3, 0.4) is 0 Å². The van der Waals surface area contributed by atoms with Crippen molar-refractivity contribution in [1.82, 2.24) is 0 Å². The zero-order chi connectivity index (χ0) is 15.4. The van der Waals surface area contributed by atoms with Crippen LogP contribution in [0.1, 0.15) is 50.2 Å². The van der Waals surface area contributed by atoms with E-state index in [1.54, 1.807) is 12.1 Å². The Morgan fingerprint density at radius 2 is 1.71 bits per heavy atom. The van der Waals surface area contributed by atoms with Gasteiger partial charge in [0.25, 0.3) is 0 Å². The molecular weight excluding hydrogens is 307 g/mol. The van der Waals surface area contributed by atoms with E-state index in [-0.39, 0.29) is 5.92 Å². The first-order valence-electron chi connectivity index (χ1n) is 7.67. The molecule has 0 spiro atoms. The van der Waals surface area contributed by atoms with Crippen LogP contribution in [0.25, 0.3) is 0 Å². The Balaban J connectivity index is 2.22. The molecule has 1 aliphatic carbocycles. The first-order chi connectivity index (χ1) is 10.0. The molecule has 0 bridgehead atoms. The molecule has 2 atom stereocenters. The summed E-state index contributed by atoms with van der Waals surface area (Å²) in [6, 6.07) is 3.44. The molecule has 21 heavy (non-hydrogen) atoms. The number of rotatable bonds is 5. The number of halogens is 2. The van der Waals surface area contributed by atoms with Crippen molar-refractivity contribution in [2.75, 3.05) is 12.3 Å². The molecule has 1 fully saturated rings. The lowest BCUT2D eigenvalue weighted by Gasteiger charge is -2.33. The highest BCUT2D eigenvalue weighted by Crippen LogP contribution is 2.41. The van der Waals surface area contributed by atoms with E-state index in [4.69, 9.17) is 34.7 Å². The minimum Gasteiger partial charge on any atom is -0.396 e. The lowest BCUT2D eigenvalue weighted by atomic mass is 9.74. The van der Waals surface area contributed by atoms with Crippen LogP contribution in [0.2, 0.25) is 10.0 Å². The number of aliphatic hydroxyl groups excluding tert-OH is 1. The first-order valence-corrected chi connectivity index (χ1v) is 8.42. The number of hydrogen-bond donors (Lipinski definition) is 3. The summed E-state index contributed by atoms with van der Waals surface area (Å²) >= 11 is 12.2. The smallest absolute Gasteiger partial charge is 0.0822 e. The second-order valence-electron chi connectivity index (χ2n) is 5.98. The predicted octanol–water partition coefficient (Wildman–Crippen LogP) is 4.15. The maximum absolute atomic E-state index is 10.8. The Morgan fingerprint density at radius 1 is 1.14 bits per heavy atom. The minimum atomic E-state index is -0.591. The van der Waals surface area contributed by atoms with Crippen LogP contribution in [-0.2, 0) is 0 Å². The molecule has 5 heteroatoms. The fourth-order valence-corrected chi connectivity index (χ4v) is 3.93. The van der Waals surface area contributed by atoms with Gasteiger partial charge in [0, 0.05) is 0 Å². The van der Waals surface area contributed by atoms with Crippen LogP contribution in [-0.4, -0.2) is 11.7 Å². The Morgan fingerprint density at radius 3 is 2.24 bits per heavy atom. The number of nitrogen functional groups attached to an aromatic ring is 1. The van der Waals surface area contributed by atoms with Crippen LogP contribution >= 0.6 is 23.2 Å². The van der Waals surface area contributed by atoms with Crippen LogP contribution in [0.4, 0.5) is 5.69 Å². The summed E-state index contributed by atoms with van der Waals surface area (Å²) in [5.41, 5.74) is 12.6. The van der Waals surface area contributed by atoms with Crippen molar-refractivity contribution in [2.24, 2.45) is 17.6 Å². The van der Waals surface area contributed by atoms with Gasteiger partial charge in [0.1, 0.15) is 0 Å². The minimum absolute atomic E-state index is 0.158. The summed E-state index contributed by atoms with van der Waals surface area (Å²) in [5, 5.41) is 11.6. The fraction of sp³-hybridized carbons (Fsp3) is 0.625. The highest BCUT2D eigenvalue weighted by molar-refractivity contribution is 6.38. The highest BCUT2D eigenvalue weighted by atomic mass is 35.5. The topological polar surface area (TPSA) is 72.3 Å². The van der Waals surface area contributed by atoms with Crippen molar-refractivity contribution in [2.45, 2.75) is 44.6 Å². The average Bonchev–Trinajstić information content (AvgIpc) is 2.50. The van der Waals surface area contributed by atoms with Crippen molar-refractivity contribution in [3.05, 3.63) is 27.7 Å². The molecule has 1 saturated carbocycles. The van der Waals surface area contributed by atoms with E-state index >= 15 is 0 Å². The van der Waals surface area contributed by atoms with Gasteiger partial charge in [0.15, 0.2) is 0 Å². The van der Waals surface area contributed by atoms with Gasteiger partial charge in [-0.3, -0.25) is 0 Å². The molecule has 1 aromatic carbocycles. The molecule has 0 amide bonds. The van der Waals surface area contributed by atoms with E-state index in [1.165, 1.54) is 19.3 Å². The molecule has 1 aliphatic rings. The summed E-state index contributed by atoms with van der Waals surface area (Å²) in [4.78, 5) is 0. The lowest BCUT2D eigenvalue weighted by molar-refractivity contribution is 0.0535. The number of benzene rings is 1. The molecule has 0 aliphatic heterocycles. The van der Waals surface area contributed by atoms with E-state index in [1.807, 2.05) is 0 Å². The molecule has 0 heterocycles. The molecule has 3 nitrogen and oxygen atoms in total. The van der Waals surface area contributed by atoms with E-state index in [0.717, 1.165) is 24.8 Å². The van der Waals surface area contributed by atoms with Crippen molar-refractivity contribution in [1.29, 1.82) is 0 Å². The summed E-state index contributed by atoms with van der Waals surface area (Å²) < 4.78 is 0. The molecule has 0 aromatic heterocycles. The van der Waals surface area contributed by atoms with Crippen molar-refractivity contribution >= 4 is 28.9 Å².